The largest absolute Gasteiger partial charge is 0.492 e. The molecule has 0 radical (unpaired) electrons. The summed E-state index contributed by atoms with van der Waals surface area (Å²) in [5, 5.41) is 6.64. The molecule has 2 N–H and O–H groups in total. The zero-order chi connectivity index (χ0) is 27.1. The number of nitrogens with zero attached hydrogens (tertiary/aromatic N) is 3. The summed E-state index contributed by atoms with van der Waals surface area (Å²) in [7, 11) is 0. The van der Waals surface area contributed by atoms with Crippen LogP contribution < -0.4 is 15.4 Å². The molecular formula is C33H31N5O2. The first-order chi connectivity index (χ1) is 19.7. The lowest BCUT2D eigenvalue weighted by Gasteiger charge is -2.28. The Morgan fingerprint density at radius 2 is 1.73 bits per heavy atom. The standard InChI is InChI=1S/C33H31N5O2/c39-33(37-19-27-9-4-5-17-35-27)30-11-6-10-29-31(16-18-40-32(29)30)36-21-28-20-34-23-38(28)22-24-12-14-26(15-13-24)25-7-2-1-3-8-25/h1-15,17,20,23,31,36H,16,18-19,21-22H2,(H,37,39). The van der Waals surface area contributed by atoms with Crippen LogP contribution in [0.4, 0.5) is 0 Å². The molecule has 1 amide bonds. The number of carbonyl (C=O) groups is 1. The Kier molecular flexibility index (Phi) is 7.64. The second kappa shape index (κ2) is 12.0. The topological polar surface area (TPSA) is 81.1 Å². The first-order valence-corrected chi connectivity index (χ1v) is 13.5. The van der Waals surface area contributed by atoms with Gasteiger partial charge in [0.25, 0.3) is 5.91 Å². The maximum absolute atomic E-state index is 13.0. The second-order valence-corrected chi connectivity index (χ2v) is 9.87. The van der Waals surface area contributed by atoms with Gasteiger partial charge in [0.15, 0.2) is 0 Å². The van der Waals surface area contributed by atoms with Crippen LogP contribution in [0.5, 0.6) is 5.75 Å². The van der Waals surface area contributed by atoms with Crippen molar-refractivity contribution < 1.29 is 9.53 Å². The molecule has 7 heteroatoms. The Morgan fingerprint density at radius 1 is 0.900 bits per heavy atom. The monoisotopic (exact) mass is 529 g/mol. The van der Waals surface area contributed by atoms with Crippen molar-refractivity contribution >= 4 is 5.91 Å². The van der Waals surface area contributed by atoms with E-state index in [0.29, 0.717) is 31.0 Å². The molecule has 0 bridgehead atoms. The van der Waals surface area contributed by atoms with E-state index in [9.17, 15) is 4.79 Å². The average molecular weight is 530 g/mol. The quantitative estimate of drug-likeness (QED) is 0.262. The van der Waals surface area contributed by atoms with Crippen molar-refractivity contribution in [2.75, 3.05) is 6.61 Å². The molecule has 1 atom stereocenters. The highest BCUT2D eigenvalue weighted by atomic mass is 16.5. The van der Waals surface area contributed by atoms with Gasteiger partial charge in [0.1, 0.15) is 5.75 Å². The molecule has 0 saturated heterocycles. The summed E-state index contributed by atoms with van der Waals surface area (Å²) in [6.07, 6.45) is 6.33. The molecule has 5 aromatic rings. The smallest absolute Gasteiger partial charge is 0.255 e. The Bertz CT molecular complexity index is 1570. The number of aromatic nitrogens is 3. The van der Waals surface area contributed by atoms with Crippen molar-refractivity contribution in [1.29, 1.82) is 0 Å². The summed E-state index contributed by atoms with van der Waals surface area (Å²) >= 11 is 0. The summed E-state index contributed by atoms with van der Waals surface area (Å²) in [5.41, 5.74) is 7.10. The third-order valence-electron chi connectivity index (χ3n) is 7.22. The number of pyridine rings is 1. The van der Waals surface area contributed by atoms with Crippen molar-refractivity contribution in [3.8, 4) is 16.9 Å². The number of carbonyl (C=O) groups excluding carboxylic acids is 1. The summed E-state index contributed by atoms with van der Waals surface area (Å²) in [4.78, 5) is 21.7. The Hall–Kier alpha value is -4.75. The Balaban J connectivity index is 1.11. The fraction of sp³-hybridized carbons (Fsp3) is 0.182. The number of rotatable bonds is 9. The first kappa shape index (κ1) is 25.5. The molecule has 2 aromatic heterocycles. The predicted molar refractivity (Wildman–Crippen MR) is 155 cm³/mol. The minimum Gasteiger partial charge on any atom is -0.492 e. The molecule has 40 heavy (non-hydrogen) atoms. The van der Waals surface area contributed by atoms with Crippen LogP contribution in [-0.4, -0.2) is 27.0 Å². The highest BCUT2D eigenvalue weighted by molar-refractivity contribution is 5.97. The molecule has 3 heterocycles. The van der Waals surface area contributed by atoms with E-state index >= 15 is 0 Å². The minimum absolute atomic E-state index is 0.0702. The number of amides is 1. The Morgan fingerprint density at radius 3 is 2.55 bits per heavy atom. The van der Waals surface area contributed by atoms with Gasteiger partial charge in [-0.05, 0) is 34.9 Å². The molecule has 0 saturated carbocycles. The van der Waals surface area contributed by atoms with Crippen LogP contribution in [0.3, 0.4) is 0 Å². The lowest BCUT2D eigenvalue weighted by Crippen LogP contribution is -2.30. The summed E-state index contributed by atoms with van der Waals surface area (Å²) in [6, 6.07) is 30.6. The molecule has 6 rings (SSSR count). The van der Waals surface area contributed by atoms with Crippen LogP contribution in [0, 0.1) is 0 Å². The van der Waals surface area contributed by atoms with Crippen LogP contribution in [0.25, 0.3) is 11.1 Å². The van der Waals surface area contributed by atoms with Gasteiger partial charge in [0, 0.05) is 43.5 Å². The van der Waals surface area contributed by atoms with Crippen molar-refractivity contribution in [1.82, 2.24) is 25.2 Å². The van der Waals surface area contributed by atoms with Crippen molar-refractivity contribution in [2.45, 2.75) is 32.1 Å². The molecule has 3 aromatic carbocycles. The maximum atomic E-state index is 13.0. The molecule has 7 nitrogen and oxygen atoms in total. The van der Waals surface area contributed by atoms with E-state index in [4.69, 9.17) is 4.74 Å². The van der Waals surface area contributed by atoms with Crippen molar-refractivity contribution in [2.24, 2.45) is 0 Å². The van der Waals surface area contributed by atoms with E-state index in [1.54, 1.807) is 6.20 Å². The van der Waals surface area contributed by atoms with Gasteiger partial charge in [-0.3, -0.25) is 9.78 Å². The van der Waals surface area contributed by atoms with E-state index < -0.39 is 0 Å². The van der Waals surface area contributed by atoms with E-state index in [-0.39, 0.29) is 11.9 Å². The van der Waals surface area contributed by atoms with Crippen molar-refractivity contribution in [3.63, 3.8) is 0 Å². The van der Waals surface area contributed by atoms with Gasteiger partial charge in [-0.2, -0.15) is 0 Å². The zero-order valence-electron chi connectivity index (χ0n) is 22.2. The molecule has 200 valence electrons. The molecule has 1 unspecified atom stereocenters. The maximum Gasteiger partial charge on any atom is 0.255 e. The van der Waals surface area contributed by atoms with E-state index in [1.807, 2.05) is 55.0 Å². The number of para-hydroxylation sites is 1. The number of ether oxygens (including phenoxy) is 1. The number of nitrogens with one attached hydrogen (secondary N) is 2. The molecule has 1 aliphatic heterocycles. The van der Waals surface area contributed by atoms with Gasteiger partial charge < -0.3 is 19.9 Å². The van der Waals surface area contributed by atoms with E-state index in [1.165, 1.54) is 16.7 Å². The highest BCUT2D eigenvalue weighted by Crippen LogP contribution is 2.35. The average Bonchev–Trinajstić information content (AvgIpc) is 3.46. The minimum atomic E-state index is -0.167. The van der Waals surface area contributed by atoms with Gasteiger partial charge in [-0.1, -0.05) is 72.8 Å². The first-order valence-electron chi connectivity index (χ1n) is 13.5. The van der Waals surface area contributed by atoms with Gasteiger partial charge >= 0.3 is 0 Å². The number of hydrogen-bond acceptors (Lipinski definition) is 5. The fourth-order valence-corrected chi connectivity index (χ4v) is 5.08. The summed E-state index contributed by atoms with van der Waals surface area (Å²) in [5.74, 6) is 0.483. The lowest BCUT2D eigenvalue weighted by molar-refractivity contribution is 0.0944. The van der Waals surface area contributed by atoms with Crippen molar-refractivity contribution in [3.05, 3.63) is 138 Å². The van der Waals surface area contributed by atoms with Crippen LogP contribution in [0.2, 0.25) is 0 Å². The van der Waals surface area contributed by atoms with Crippen LogP contribution in [0.1, 0.15) is 45.3 Å². The highest BCUT2D eigenvalue weighted by Gasteiger charge is 2.26. The molecule has 1 aliphatic rings. The molecule has 0 aliphatic carbocycles. The van der Waals surface area contributed by atoms with Gasteiger partial charge in [0.2, 0.25) is 0 Å². The third-order valence-corrected chi connectivity index (χ3v) is 7.22. The summed E-state index contributed by atoms with van der Waals surface area (Å²) < 4.78 is 8.18. The number of fused-ring (bicyclic) bond motifs is 1. The normalized spacial score (nSPS) is 14.2. The lowest BCUT2D eigenvalue weighted by atomic mass is 9.97. The zero-order valence-corrected chi connectivity index (χ0v) is 22.2. The van der Waals surface area contributed by atoms with Gasteiger partial charge in [0.05, 0.1) is 36.4 Å². The van der Waals surface area contributed by atoms with Gasteiger partial charge in [-0.25, -0.2) is 4.98 Å². The molecular weight excluding hydrogens is 498 g/mol. The third kappa shape index (κ3) is 5.80. The van der Waals surface area contributed by atoms with E-state index in [0.717, 1.165) is 29.9 Å². The van der Waals surface area contributed by atoms with E-state index in [2.05, 4.69) is 73.7 Å². The SMILES string of the molecule is O=C(NCc1ccccn1)c1cccc2c1OCCC2NCc1cncn1Cc1ccc(-c2ccccc2)cc1. The molecule has 0 spiro atoms. The fourth-order valence-electron chi connectivity index (χ4n) is 5.08. The number of imidazole rings is 1. The van der Waals surface area contributed by atoms with Gasteiger partial charge in [-0.15, -0.1) is 0 Å². The number of benzene rings is 3. The predicted octanol–water partition coefficient (Wildman–Crippen LogP) is 5.54. The Labute approximate surface area is 233 Å². The second-order valence-electron chi connectivity index (χ2n) is 9.87. The molecule has 0 fully saturated rings. The summed E-state index contributed by atoms with van der Waals surface area (Å²) in [6.45, 7) is 2.31. The van der Waals surface area contributed by atoms with Crippen LogP contribution >= 0.6 is 0 Å². The number of hydrogen-bond donors (Lipinski definition) is 2. The van der Waals surface area contributed by atoms with Crippen LogP contribution in [0.15, 0.2) is 110 Å². The van der Waals surface area contributed by atoms with Crippen LogP contribution in [-0.2, 0) is 19.6 Å².